The smallest absolute Gasteiger partial charge is 0.281 e. The minimum absolute atomic E-state index is 0.0155. The quantitative estimate of drug-likeness (QED) is 0.719. The average molecular weight is 375 g/mol. The van der Waals surface area contributed by atoms with Crippen molar-refractivity contribution < 1.29 is 13.6 Å². The van der Waals surface area contributed by atoms with Crippen molar-refractivity contribution in [3.63, 3.8) is 0 Å². The van der Waals surface area contributed by atoms with E-state index in [-0.39, 0.29) is 18.0 Å². The number of anilines is 2. The molecular weight excluding hydrogens is 354 g/mol. The Labute approximate surface area is 159 Å². The predicted octanol–water partition coefficient (Wildman–Crippen LogP) is 3.27. The highest BCUT2D eigenvalue weighted by atomic mass is 35.5. The summed E-state index contributed by atoms with van der Waals surface area (Å²) in [5.41, 5.74) is 0.111. The fourth-order valence-electron chi connectivity index (χ4n) is 2.75. The number of aromatic nitrogens is 1. The number of fused-ring (bicyclic) bond motifs is 1. The van der Waals surface area contributed by atoms with Crippen LogP contribution in [0.25, 0.3) is 16.6 Å². The van der Waals surface area contributed by atoms with Gasteiger partial charge < -0.3 is 15.4 Å². The van der Waals surface area contributed by atoms with Crippen molar-refractivity contribution in [3.05, 3.63) is 63.9 Å². The van der Waals surface area contributed by atoms with Gasteiger partial charge in [0.15, 0.2) is 0 Å². The highest BCUT2D eigenvalue weighted by molar-refractivity contribution is 6.31. The third-order valence-corrected chi connectivity index (χ3v) is 4.05. The van der Waals surface area contributed by atoms with Crippen LogP contribution in [0.5, 0.6) is 0 Å². The number of para-hydroxylation sites is 1. The van der Waals surface area contributed by atoms with E-state index in [1.165, 1.54) is 11.7 Å². The molecule has 0 saturated heterocycles. The summed E-state index contributed by atoms with van der Waals surface area (Å²) in [6.45, 7) is -2.89. The van der Waals surface area contributed by atoms with Crippen molar-refractivity contribution in [3.8, 4) is 5.69 Å². The number of amides is 1. The molecule has 7 heteroatoms. The Morgan fingerprint density at radius 1 is 1.23 bits per heavy atom. The zero-order valence-corrected chi connectivity index (χ0v) is 14.6. The molecule has 2 aromatic carbocycles. The molecule has 0 saturated carbocycles. The number of ether oxygens (including phenoxy) is 1. The summed E-state index contributed by atoms with van der Waals surface area (Å²) in [4.78, 5) is 25.5. The Morgan fingerprint density at radius 3 is 2.69 bits per heavy atom. The molecule has 134 valence electrons. The fraction of sp³-hybridized carbons (Fsp3) is 0.158. The molecule has 0 atom stereocenters. The monoisotopic (exact) mass is 374 g/mol. The summed E-state index contributed by atoms with van der Waals surface area (Å²) in [7, 11) is 1.34. The molecule has 0 fully saturated rings. The molecule has 0 unspecified atom stereocenters. The van der Waals surface area contributed by atoms with Crippen molar-refractivity contribution in [2.45, 2.75) is 0 Å². The minimum Gasteiger partial charge on any atom is -0.386 e. The second-order valence-electron chi connectivity index (χ2n) is 5.49. The lowest BCUT2D eigenvalue weighted by molar-refractivity contribution is -0.119. The molecule has 6 nitrogen and oxygen atoms in total. The van der Waals surface area contributed by atoms with Crippen LogP contribution in [-0.4, -0.2) is 31.2 Å². The Balaban J connectivity index is 2.40. The third-order valence-electron chi connectivity index (χ3n) is 3.82. The van der Waals surface area contributed by atoms with Crippen LogP contribution >= 0.6 is 11.6 Å². The molecule has 1 heterocycles. The summed E-state index contributed by atoms with van der Waals surface area (Å²) >= 11 is 6.15. The molecule has 1 amide bonds. The lowest BCUT2D eigenvalue weighted by Gasteiger charge is -2.18. The van der Waals surface area contributed by atoms with Gasteiger partial charge in [0.25, 0.3) is 11.5 Å². The first kappa shape index (κ1) is 14.4. The summed E-state index contributed by atoms with van der Waals surface area (Å²) < 4.78 is 28.9. The van der Waals surface area contributed by atoms with E-state index >= 15 is 0 Å². The minimum atomic E-state index is -2.60. The van der Waals surface area contributed by atoms with Gasteiger partial charge in [0.05, 0.1) is 11.2 Å². The second-order valence-corrected chi connectivity index (χ2v) is 5.93. The van der Waals surface area contributed by atoms with E-state index in [1.54, 1.807) is 48.5 Å². The molecule has 0 radical (unpaired) electrons. The third kappa shape index (κ3) is 3.29. The number of carbonyl (C=O) groups excluding carboxylic acids is 1. The summed E-state index contributed by atoms with van der Waals surface area (Å²) in [6.07, 6.45) is 0. The number of hydrogen-bond acceptors (Lipinski definition) is 4. The van der Waals surface area contributed by atoms with Crippen LogP contribution in [0.15, 0.2) is 53.3 Å². The van der Waals surface area contributed by atoms with E-state index in [2.05, 4.69) is 10.6 Å². The van der Waals surface area contributed by atoms with E-state index in [9.17, 15) is 9.59 Å². The highest BCUT2D eigenvalue weighted by Crippen LogP contribution is 2.31. The number of hydrogen-bond donors (Lipinski definition) is 2. The summed E-state index contributed by atoms with van der Waals surface area (Å²) in [5, 5.41) is 5.62. The van der Waals surface area contributed by atoms with E-state index in [4.69, 9.17) is 20.5 Å². The van der Waals surface area contributed by atoms with Gasteiger partial charge in [-0.3, -0.25) is 14.2 Å². The standard InChI is InChI=1S/C19H18ClN3O3/c1-21-17-14-9-8-12(20)10-15(14)23(13-6-4-3-5-7-13)19(25)18(17)22-16(24)11-26-2/h3-10,21H,11H2,1-2H3,(H,22,24)/i1D3. The van der Waals surface area contributed by atoms with Gasteiger partial charge in [0, 0.05) is 34.3 Å². The molecule has 2 N–H and O–H groups in total. The molecule has 0 spiro atoms. The number of nitrogens with zero attached hydrogens (tertiary/aromatic N) is 1. The number of rotatable bonds is 5. The normalized spacial score (nSPS) is 12.9. The van der Waals surface area contributed by atoms with Crippen LogP contribution in [0, 0.1) is 0 Å². The zero-order valence-electron chi connectivity index (χ0n) is 16.9. The zero-order chi connectivity index (χ0) is 21.2. The fourth-order valence-corrected chi connectivity index (χ4v) is 2.92. The summed E-state index contributed by atoms with van der Waals surface area (Å²) in [6, 6.07) is 13.5. The maximum atomic E-state index is 13.4. The lowest BCUT2D eigenvalue weighted by atomic mass is 10.1. The first-order chi connectivity index (χ1) is 13.7. The Bertz CT molecular complexity index is 1110. The number of pyridine rings is 1. The molecule has 0 bridgehead atoms. The van der Waals surface area contributed by atoms with Crippen molar-refractivity contribution >= 4 is 39.8 Å². The predicted molar refractivity (Wildman–Crippen MR) is 105 cm³/mol. The van der Waals surface area contributed by atoms with Gasteiger partial charge in [-0.1, -0.05) is 29.8 Å². The number of halogens is 1. The molecule has 3 aromatic rings. The summed E-state index contributed by atoms with van der Waals surface area (Å²) in [5.74, 6) is -0.592. The highest BCUT2D eigenvalue weighted by Gasteiger charge is 2.19. The van der Waals surface area contributed by atoms with Gasteiger partial charge in [-0.25, -0.2) is 0 Å². The van der Waals surface area contributed by atoms with Crippen molar-refractivity contribution in [1.82, 2.24) is 4.57 Å². The van der Waals surface area contributed by atoms with Crippen LogP contribution in [0.2, 0.25) is 5.02 Å². The van der Waals surface area contributed by atoms with Gasteiger partial charge in [0.1, 0.15) is 12.3 Å². The van der Waals surface area contributed by atoms with Gasteiger partial charge in [0.2, 0.25) is 0 Å². The van der Waals surface area contributed by atoms with E-state index in [0.717, 1.165) is 0 Å². The van der Waals surface area contributed by atoms with Crippen LogP contribution in [-0.2, 0) is 9.53 Å². The van der Waals surface area contributed by atoms with Crippen LogP contribution < -0.4 is 16.2 Å². The lowest BCUT2D eigenvalue weighted by Crippen LogP contribution is -2.28. The SMILES string of the molecule is [2H]C([2H])([2H])Nc1c(NC(=O)COC)c(=O)n(-c2ccccc2)c2cc(Cl)ccc12. The number of nitrogens with one attached hydrogen (secondary N) is 2. The Morgan fingerprint density at radius 2 is 2.00 bits per heavy atom. The Hall–Kier alpha value is -2.83. The van der Waals surface area contributed by atoms with Gasteiger partial charge in [-0.15, -0.1) is 0 Å². The van der Waals surface area contributed by atoms with E-state index in [0.29, 0.717) is 21.6 Å². The molecule has 3 rings (SSSR count). The first-order valence-corrected chi connectivity index (χ1v) is 8.10. The first-order valence-electron chi connectivity index (χ1n) is 9.22. The molecule has 0 aliphatic rings. The van der Waals surface area contributed by atoms with Crippen LogP contribution in [0.3, 0.4) is 0 Å². The van der Waals surface area contributed by atoms with Crippen LogP contribution in [0.1, 0.15) is 4.11 Å². The van der Waals surface area contributed by atoms with Crippen molar-refractivity contribution in [2.75, 3.05) is 31.3 Å². The van der Waals surface area contributed by atoms with Crippen LogP contribution in [0.4, 0.5) is 11.4 Å². The largest absolute Gasteiger partial charge is 0.386 e. The van der Waals surface area contributed by atoms with E-state index < -0.39 is 18.4 Å². The number of methoxy groups -OCH3 is 1. The molecule has 0 aliphatic heterocycles. The Kier molecular flexibility index (Phi) is 4.19. The van der Waals surface area contributed by atoms with Crippen molar-refractivity contribution in [2.24, 2.45) is 0 Å². The molecule has 0 aliphatic carbocycles. The van der Waals surface area contributed by atoms with Gasteiger partial charge in [-0.05, 0) is 30.3 Å². The van der Waals surface area contributed by atoms with Gasteiger partial charge >= 0.3 is 0 Å². The van der Waals surface area contributed by atoms with Crippen molar-refractivity contribution in [1.29, 1.82) is 0 Å². The second kappa shape index (κ2) is 7.59. The number of benzene rings is 2. The molecule has 26 heavy (non-hydrogen) atoms. The molecule has 1 aromatic heterocycles. The maximum Gasteiger partial charge on any atom is 0.281 e. The van der Waals surface area contributed by atoms with E-state index in [1.807, 2.05) is 0 Å². The average Bonchev–Trinajstić information content (AvgIpc) is 2.64. The maximum absolute atomic E-state index is 13.4. The number of carbonyl (C=O) groups is 1. The topological polar surface area (TPSA) is 72.4 Å². The van der Waals surface area contributed by atoms with Gasteiger partial charge in [-0.2, -0.15) is 0 Å². The molecular formula is C19H18ClN3O3.